The Hall–Kier alpha value is -2.51. The number of aliphatic hydroxyl groups excluding tert-OH is 1. The molecule has 1 unspecified atom stereocenters. The molecule has 2 aromatic rings. The van der Waals surface area contributed by atoms with E-state index in [1.54, 1.807) is 38.4 Å². The molecule has 3 heterocycles. The van der Waals surface area contributed by atoms with Crippen molar-refractivity contribution in [3.8, 4) is 17.1 Å². The number of fused-ring (bicyclic) bond motifs is 2. The molecule has 1 aliphatic carbocycles. The van der Waals surface area contributed by atoms with Crippen LogP contribution in [0.4, 0.5) is 0 Å². The van der Waals surface area contributed by atoms with Crippen LogP contribution in [0.5, 0.6) is 5.75 Å². The largest absolute Gasteiger partial charge is 0.483 e. The Morgan fingerprint density at radius 1 is 1.34 bits per heavy atom. The highest BCUT2D eigenvalue weighted by Crippen LogP contribution is 2.49. The number of nitrogens with zero attached hydrogens (tertiary/aromatic N) is 1. The highest BCUT2D eigenvalue weighted by Gasteiger charge is 2.57. The Morgan fingerprint density at radius 2 is 2.10 bits per heavy atom. The first-order valence-corrected chi connectivity index (χ1v) is 9.89. The molecule has 0 spiro atoms. The van der Waals surface area contributed by atoms with E-state index < -0.39 is 34.6 Å². The van der Waals surface area contributed by atoms with Crippen LogP contribution in [-0.2, 0) is 0 Å². The molecule has 5 atom stereocenters. The van der Waals surface area contributed by atoms with Gasteiger partial charge >= 0.3 is 5.63 Å². The minimum Gasteiger partial charge on any atom is -0.483 e. The standard InChI is InChI=1S/C22H25NO6/c1-4-21(2,27)13-8-14-19(25)18-16(29-22(14,3)17(24)9-13)10-15(28-20(18)26)12-6-5-7-23-11-12/h5-7,10-11,13-14,17,24,27H,4,8-9H2,1-3H3/t13-,14-,17-,21?,22-/m1/s1. The molecule has 0 aromatic carbocycles. The van der Waals surface area contributed by atoms with Crippen LogP contribution in [0.15, 0.2) is 39.8 Å². The summed E-state index contributed by atoms with van der Waals surface area (Å²) in [6.07, 6.45) is 3.33. The number of aromatic nitrogens is 1. The Labute approximate surface area is 168 Å². The highest BCUT2D eigenvalue weighted by molar-refractivity contribution is 6.02. The van der Waals surface area contributed by atoms with Gasteiger partial charge in [-0.25, -0.2) is 4.79 Å². The number of ether oxygens (including phenoxy) is 1. The molecule has 0 amide bonds. The smallest absolute Gasteiger partial charge is 0.351 e. The minimum atomic E-state index is -1.18. The number of carbonyl (C=O) groups excluding carboxylic acids is 1. The highest BCUT2D eigenvalue weighted by atomic mass is 16.5. The average Bonchev–Trinajstić information content (AvgIpc) is 2.69. The van der Waals surface area contributed by atoms with E-state index in [-0.39, 0.29) is 23.0 Å². The summed E-state index contributed by atoms with van der Waals surface area (Å²) in [7, 11) is 0. The molecule has 2 aliphatic rings. The van der Waals surface area contributed by atoms with Crippen LogP contribution in [0, 0.1) is 11.8 Å². The first kappa shape index (κ1) is 19.8. The van der Waals surface area contributed by atoms with Crippen molar-refractivity contribution in [2.24, 2.45) is 11.8 Å². The summed E-state index contributed by atoms with van der Waals surface area (Å²) in [5.41, 5.74) is -2.52. The molecule has 4 rings (SSSR count). The van der Waals surface area contributed by atoms with Crippen LogP contribution in [0.1, 0.15) is 50.4 Å². The topological polar surface area (TPSA) is 110 Å². The zero-order valence-corrected chi connectivity index (χ0v) is 16.7. The number of hydrogen-bond donors (Lipinski definition) is 2. The van der Waals surface area contributed by atoms with Crippen LogP contribution in [-0.4, -0.2) is 38.3 Å². The van der Waals surface area contributed by atoms with Crippen molar-refractivity contribution >= 4 is 5.78 Å². The molecule has 154 valence electrons. The van der Waals surface area contributed by atoms with Gasteiger partial charge in [0.05, 0.1) is 17.6 Å². The van der Waals surface area contributed by atoms with Crippen LogP contribution in [0.3, 0.4) is 0 Å². The third kappa shape index (κ3) is 3.09. The van der Waals surface area contributed by atoms with E-state index in [1.165, 1.54) is 6.07 Å². The van der Waals surface area contributed by atoms with Gasteiger partial charge in [-0.15, -0.1) is 0 Å². The van der Waals surface area contributed by atoms with Gasteiger partial charge in [0.15, 0.2) is 5.78 Å². The number of carbonyl (C=O) groups is 1. The first-order chi connectivity index (χ1) is 13.7. The summed E-state index contributed by atoms with van der Waals surface area (Å²) < 4.78 is 11.5. The van der Waals surface area contributed by atoms with Gasteiger partial charge in [-0.1, -0.05) is 6.92 Å². The van der Waals surface area contributed by atoms with Gasteiger partial charge in [0.2, 0.25) is 0 Å². The number of hydrogen-bond acceptors (Lipinski definition) is 7. The Morgan fingerprint density at radius 3 is 2.76 bits per heavy atom. The van der Waals surface area contributed by atoms with Crippen molar-refractivity contribution in [1.82, 2.24) is 4.98 Å². The van der Waals surface area contributed by atoms with Crippen LogP contribution < -0.4 is 10.4 Å². The molecule has 0 bridgehead atoms. The number of ketones is 1. The zero-order chi connectivity index (χ0) is 21.0. The van der Waals surface area contributed by atoms with Gasteiger partial charge in [-0.05, 0) is 51.2 Å². The average molecular weight is 399 g/mol. The monoisotopic (exact) mass is 399 g/mol. The van der Waals surface area contributed by atoms with Crippen molar-refractivity contribution in [1.29, 1.82) is 0 Å². The van der Waals surface area contributed by atoms with Crippen molar-refractivity contribution in [3.05, 3.63) is 46.6 Å². The maximum atomic E-state index is 13.3. The molecule has 1 fully saturated rings. The molecule has 29 heavy (non-hydrogen) atoms. The molecule has 0 radical (unpaired) electrons. The number of rotatable bonds is 3. The lowest BCUT2D eigenvalue weighted by Crippen LogP contribution is -2.62. The van der Waals surface area contributed by atoms with E-state index in [0.29, 0.717) is 24.8 Å². The number of aliphatic hydroxyl groups is 2. The summed E-state index contributed by atoms with van der Waals surface area (Å²) in [5, 5.41) is 21.6. The lowest BCUT2D eigenvalue weighted by Gasteiger charge is -2.51. The zero-order valence-electron chi connectivity index (χ0n) is 16.7. The van der Waals surface area contributed by atoms with Crippen LogP contribution in [0.25, 0.3) is 11.3 Å². The fourth-order valence-electron chi connectivity index (χ4n) is 4.49. The minimum absolute atomic E-state index is 0.114. The maximum absolute atomic E-state index is 13.3. The van der Waals surface area contributed by atoms with E-state index in [9.17, 15) is 19.8 Å². The lowest BCUT2D eigenvalue weighted by atomic mass is 9.62. The SMILES string of the molecule is CCC(C)(O)[C@H]1C[C@@H](O)[C@]2(C)Oc3cc(-c4cccnc4)oc(=O)c3C(=O)[C@H]2C1. The third-order valence-electron chi connectivity index (χ3n) is 6.73. The second-order valence-electron chi connectivity index (χ2n) is 8.48. The first-order valence-electron chi connectivity index (χ1n) is 9.89. The van der Waals surface area contributed by atoms with E-state index in [2.05, 4.69) is 4.98 Å². The second-order valence-corrected chi connectivity index (χ2v) is 8.48. The quantitative estimate of drug-likeness (QED) is 0.816. The van der Waals surface area contributed by atoms with Gasteiger partial charge in [-0.2, -0.15) is 0 Å². The lowest BCUT2D eigenvalue weighted by molar-refractivity contribution is -0.142. The van der Waals surface area contributed by atoms with Gasteiger partial charge in [0, 0.05) is 24.0 Å². The molecule has 0 saturated heterocycles. The molecule has 1 aliphatic heterocycles. The van der Waals surface area contributed by atoms with E-state index >= 15 is 0 Å². The molecule has 2 N–H and O–H groups in total. The predicted molar refractivity (Wildman–Crippen MR) is 105 cm³/mol. The molecular formula is C22H25NO6. The normalized spacial score (nSPS) is 30.7. The molecule has 7 heteroatoms. The molecule has 7 nitrogen and oxygen atoms in total. The fraction of sp³-hybridized carbons (Fsp3) is 0.500. The maximum Gasteiger partial charge on any atom is 0.351 e. The summed E-state index contributed by atoms with van der Waals surface area (Å²) in [6.45, 7) is 5.27. The van der Waals surface area contributed by atoms with E-state index in [4.69, 9.17) is 9.15 Å². The van der Waals surface area contributed by atoms with Crippen molar-refractivity contribution in [3.63, 3.8) is 0 Å². The predicted octanol–water partition coefficient (Wildman–Crippen LogP) is 2.58. The Bertz CT molecular complexity index is 998. The molecular weight excluding hydrogens is 374 g/mol. The number of Topliss-reactive ketones (excluding diaryl/α,β-unsaturated/α-hetero) is 1. The van der Waals surface area contributed by atoms with Crippen molar-refractivity contribution in [2.75, 3.05) is 0 Å². The van der Waals surface area contributed by atoms with Crippen LogP contribution >= 0.6 is 0 Å². The molecule has 2 aromatic heterocycles. The van der Waals surface area contributed by atoms with E-state index in [1.807, 2.05) is 6.92 Å². The Kier molecular flexibility index (Phi) is 4.63. The van der Waals surface area contributed by atoms with Gasteiger partial charge in [0.1, 0.15) is 22.7 Å². The second kappa shape index (κ2) is 6.78. The fourth-order valence-corrected chi connectivity index (χ4v) is 4.49. The number of pyridine rings is 1. The Balaban J connectivity index is 1.78. The van der Waals surface area contributed by atoms with E-state index in [0.717, 1.165) is 0 Å². The summed E-state index contributed by atoms with van der Waals surface area (Å²) in [6, 6.07) is 4.95. The summed E-state index contributed by atoms with van der Waals surface area (Å²) >= 11 is 0. The summed E-state index contributed by atoms with van der Waals surface area (Å²) in [4.78, 5) is 30.0. The van der Waals surface area contributed by atoms with Crippen LogP contribution in [0.2, 0.25) is 0 Å². The van der Waals surface area contributed by atoms with Gasteiger partial charge in [0.25, 0.3) is 0 Å². The van der Waals surface area contributed by atoms with Crippen molar-refractivity contribution < 1.29 is 24.2 Å². The van der Waals surface area contributed by atoms with Gasteiger partial charge < -0.3 is 19.4 Å². The summed E-state index contributed by atoms with van der Waals surface area (Å²) in [5.74, 6) is -1.07. The molecule has 1 saturated carbocycles. The van der Waals surface area contributed by atoms with Gasteiger partial charge in [-0.3, -0.25) is 9.78 Å². The third-order valence-corrected chi connectivity index (χ3v) is 6.73. The van der Waals surface area contributed by atoms with Crippen molar-refractivity contribution in [2.45, 2.75) is 57.3 Å².